The standard InChI is InChI=1S/C18H32O17/c19-1-4(22)7(23)8(24)5(2-20)32-18-13(29)11(27)14(15(35-18)16(30)31)34-17-12(28)10(26)9(25)6(3-21)33-17/h4-15,17-29H,1-3H2,(H,30,31)/t4-,5+,6-,7+,8-,9-,10+,11-,12+,13-,14+,15+,17+,18+/m1/s1. The Balaban J connectivity index is 2.18. The van der Waals surface area contributed by atoms with Crippen LogP contribution in [0.5, 0.6) is 0 Å². The molecule has 206 valence electrons. The topological polar surface area (TPSA) is 297 Å². The minimum Gasteiger partial charge on any atom is -0.479 e. The summed E-state index contributed by atoms with van der Waals surface area (Å²) in [6.45, 7) is -2.82. The lowest BCUT2D eigenvalue weighted by molar-refractivity contribution is -0.360. The van der Waals surface area contributed by atoms with Crippen molar-refractivity contribution < 1.29 is 85.0 Å². The van der Waals surface area contributed by atoms with Gasteiger partial charge in [0.05, 0.1) is 19.8 Å². The maximum absolute atomic E-state index is 11.8. The van der Waals surface area contributed by atoms with E-state index in [1.165, 1.54) is 0 Å². The van der Waals surface area contributed by atoms with Crippen LogP contribution < -0.4 is 0 Å². The van der Waals surface area contributed by atoms with Crippen LogP contribution in [0.25, 0.3) is 0 Å². The monoisotopic (exact) mass is 520 g/mol. The van der Waals surface area contributed by atoms with Crippen molar-refractivity contribution in [3.63, 3.8) is 0 Å². The van der Waals surface area contributed by atoms with Crippen molar-refractivity contribution in [3.8, 4) is 0 Å². The van der Waals surface area contributed by atoms with Crippen molar-refractivity contribution in [1.29, 1.82) is 0 Å². The average molecular weight is 520 g/mol. The Bertz CT molecular complexity index is 665. The summed E-state index contributed by atoms with van der Waals surface area (Å²) in [6.07, 6.45) is -27.0. The SMILES string of the molecule is O=C(O)[C@H]1O[C@H](O[C@@H](CO)[C@@H](O)[C@@H](O)[C@H](O)CO)[C@H](O)[C@@H](O)[C@@H]1O[C@@H]1O[C@H](CO)[C@@H](O)[C@H](O)[C@@H]1O. The van der Waals surface area contributed by atoms with Crippen molar-refractivity contribution >= 4 is 5.97 Å². The van der Waals surface area contributed by atoms with Gasteiger partial charge < -0.3 is 80.2 Å². The number of aliphatic hydroxyl groups excluding tert-OH is 11. The molecule has 2 rings (SSSR count). The number of carboxylic acids is 1. The molecule has 12 N–H and O–H groups in total. The van der Waals surface area contributed by atoms with Gasteiger partial charge in [-0.25, -0.2) is 4.79 Å². The fourth-order valence-corrected chi connectivity index (χ4v) is 3.59. The summed E-state index contributed by atoms with van der Waals surface area (Å²) in [5, 5.41) is 117. The number of ether oxygens (including phenoxy) is 4. The number of aliphatic carboxylic acids is 1. The quantitative estimate of drug-likeness (QED) is 0.120. The van der Waals surface area contributed by atoms with Crippen molar-refractivity contribution in [2.75, 3.05) is 19.8 Å². The van der Waals surface area contributed by atoms with Crippen LogP contribution in [-0.4, -0.2) is 173 Å². The number of hydrogen-bond donors (Lipinski definition) is 12. The molecule has 0 saturated carbocycles. The molecule has 0 amide bonds. The molecule has 17 nitrogen and oxygen atoms in total. The van der Waals surface area contributed by atoms with Crippen LogP contribution in [0.3, 0.4) is 0 Å². The lowest BCUT2D eigenvalue weighted by Crippen LogP contribution is -2.66. The predicted molar refractivity (Wildman–Crippen MR) is 104 cm³/mol. The first-order valence-corrected chi connectivity index (χ1v) is 10.5. The molecule has 2 aliphatic rings. The Kier molecular flexibility index (Phi) is 11.1. The van der Waals surface area contributed by atoms with E-state index in [1.807, 2.05) is 0 Å². The van der Waals surface area contributed by atoms with Gasteiger partial charge in [0.15, 0.2) is 18.7 Å². The van der Waals surface area contributed by atoms with E-state index >= 15 is 0 Å². The molecule has 0 aromatic heterocycles. The second-order valence-electron chi connectivity index (χ2n) is 8.13. The number of hydrogen-bond acceptors (Lipinski definition) is 16. The van der Waals surface area contributed by atoms with Gasteiger partial charge in [-0.2, -0.15) is 0 Å². The van der Waals surface area contributed by atoms with Gasteiger partial charge in [0.25, 0.3) is 0 Å². The highest BCUT2D eigenvalue weighted by molar-refractivity contribution is 5.73. The van der Waals surface area contributed by atoms with E-state index in [4.69, 9.17) is 24.1 Å². The minimum absolute atomic E-state index is 0.822. The van der Waals surface area contributed by atoms with Gasteiger partial charge in [0, 0.05) is 0 Å². The van der Waals surface area contributed by atoms with Gasteiger partial charge in [0.2, 0.25) is 0 Å². The molecule has 2 aliphatic heterocycles. The van der Waals surface area contributed by atoms with Crippen molar-refractivity contribution in [3.05, 3.63) is 0 Å². The molecule has 2 saturated heterocycles. The van der Waals surface area contributed by atoms with E-state index in [9.17, 15) is 61.0 Å². The van der Waals surface area contributed by atoms with Crippen LogP contribution in [-0.2, 0) is 23.7 Å². The van der Waals surface area contributed by atoms with Gasteiger partial charge in [-0.15, -0.1) is 0 Å². The van der Waals surface area contributed by atoms with Crippen LogP contribution in [0.15, 0.2) is 0 Å². The molecule has 0 bridgehead atoms. The van der Waals surface area contributed by atoms with Gasteiger partial charge >= 0.3 is 5.97 Å². The first kappa shape index (κ1) is 30.1. The predicted octanol–water partition coefficient (Wildman–Crippen LogP) is -7.84. The maximum atomic E-state index is 11.8. The highest BCUT2D eigenvalue weighted by Gasteiger charge is 2.53. The normalized spacial score (nSPS) is 41.7. The van der Waals surface area contributed by atoms with Crippen LogP contribution in [0.2, 0.25) is 0 Å². The van der Waals surface area contributed by atoms with Crippen molar-refractivity contribution in [2.45, 2.75) is 85.8 Å². The second-order valence-corrected chi connectivity index (χ2v) is 8.13. The Morgan fingerprint density at radius 2 is 1.37 bits per heavy atom. The lowest BCUT2D eigenvalue weighted by atomic mass is 9.96. The van der Waals surface area contributed by atoms with Crippen molar-refractivity contribution in [2.24, 2.45) is 0 Å². The van der Waals surface area contributed by atoms with E-state index in [0.717, 1.165) is 0 Å². The number of carboxylic acid groups (broad SMARTS) is 1. The molecule has 0 spiro atoms. The highest BCUT2D eigenvalue weighted by Crippen LogP contribution is 2.30. The summed E-state index contributed by atoms with van der Waals surface area (Å²) in [5.74, 6) is -1.77. The molecule has 0 aromatic rings. The largest absolute Gasteiger partial charge is 0.479 e. The number of carbonyl (C=O) groups is 1. The second kappa shape index (κ2) is 12.9. The zero-order chi connectivity index (χ0) is 26.6. The summed E-state index contributed by atoms with van der Waals surface area (Å²) in [6, 6.07) is 0. The van der Waals surface area contributed by atoms with Gasteiger partial charge in [0.1, 0.15) is 67.1 Å². The van der Waals surface area contributed by atoms with E-state index in [2.05, 4.69) is 0 Å². The number of aliphatic hydroxyl groups is 11. The van der Waals surface area contributed by atoms with Crippen LogP contribution >= 0.6 is 0 Å². The molecule has 17 heteroatoms. The summed E-state index contributed by atoms with van der Waals surface area (Å²) in [7, 11) is 0. The molecule has 0 aliphatic carbocycles. The molecule has 2 heterocycles. The summed E-state index contributed by atoms with van der Waals surface area (Å²) in [4.78, 5) is 11.8. The molecular weight excluding hydrogens is 488 g/mol. The molecular formula is C18H32O17. The van der Waals surface area contributed by atoms with Gasteiger partial charge in [-0.05, 0) is 0 Å². The minimum atomic E-state index is -2.13. The zero-order valence-corrected chi connectivity index (χ0v) is 18.1. The molecule has 0 unspecified atom stereocenters. The Morgan fingerprint density at radius 1 is 0.771 bits per heavy atom. The van der Waals surface area contributed by atoms with Crippen molar-refractivity contribution in [1.82, 2.24) is 0 Å². The van der Waals surface area contributed by atoms with Crippen LogP contribution in [0.4, 0.5) is 0 Å². The lowest BCUT2D eigenvalue weighted by Gasteiger charge is -2.45. The van der Waals surface area contributed by atoms with E-state index in [1.54, 1.807) is 0 Å². The first-order chi connectivity index (χ1) is 16.4. The highest BCUT2D eigenvalue weighted by atomic mass is 16.7. The van der Waals surface area contributed by atoms with E-state index in [0.29, 0.717) is 0 Å². The third-order valence-electron chi connectivity index (χ3n) is 5.73. The van der Waals surface area contributed by atoms with E-state index < -0.39 is 112 Å². The Morgan fingerprint density at radius 3 is 1.89 bits per heavy atom. The Labute approximate surface area is 197 Å². The van der Waals surface area contributed by atoms with Gasteiger partial charge in [-0.1, -0.05) is 0 Å². The summed E-state index contributed by atoms with van der Waals surface area (Å²) in [5.41, 5.74) is 0. The summed E-state index contributed by atoms with van der Waals surface area (Å²) >= 11 is 0. The molecule has 0 radical (unpaired) electrons. The summed E-state index contributed by atoms with van der Waals surface area (Å²) < 4.78 is 20.6. The first-order valence-electron chi connectivity index (χ1n) is 10.5. The molecule has 35 heavy (non-hydrogen) atoms. The van der Waals surface area contributed by atoms with E-state index in [-0.39, 0.29) is 0 Å². The molecule has 14 atom stereocenters. The maximum Gasteiger partial charge on any atom is 0.335 e. The van der Waals surface area contributed by atoms with Gasteiger partial charge in [-0.3, -0.25) is 0 Å². The fraction of sp³-hybridized carbons (Fsp3) is 0.944. The molecule has 2 fully saturated rings. The zero-order valence-electron chi connectivity index (χ0n) is 18.1. The third kappa shape index (κ3) is 6.60. The number of rotatable bonds is 11. The molecule has 0 aromatic carbocycles. The third-order valence-corrected chi connectivity index (χ3v) is 5.73. The Hall–Kier alpha value is -1.13. The average Bonchev–Trinajstić information content (AvgIpc) is 2.84. The fourth-order valence-electron chi connectivity index (χ4n) is 3.59. The smallest absolute Gasteiger partial charge is 0.335 e. The van der Waals surface area contributed by atoms with Crippen LogP contribution in [0.1, 0.15) is 0 Å². The van der Waals surface area contributed by atoms with Crippen LogP contribution in [0, 0.1) is 0 Å².